The first-order valence-corrected chi connectivity index (χ1v) is 3.47. The zero-order chi connectivity index (χ0) is 9.40. The SMILES string of the molecule is C1=COCO1.C=C(CC)C(=O)O. The molecule has 1 N–H and O–H groups in total. The molecule has 0 bridgehead atoms. The highest BCUT2D eigenvalue weighted by Gasteiger charge is 1.96. The molecule has 0 amide bonds. The first kappa shape index (κ1) is 10.6. The minimum atomic E-state index is -0.900. The second-order valence-electron chi connectivity index (χ2n) is 1.99. The van der Waals surface area contributed by atoms with Crippen LogP contribution in [0.3, 0.4) is 0 Å². The van der Waals surface area contributed by atoms with Gasteiger partial charge in [0.25, 0.3) is 0 Å². The lowest BCUT2D eigenvalue weighted by atomic mass is 10.2. The maximum atomic E-state index is 9.83. The van der Waals surface area contributed by atoms with Crippen LogP contribution in [0.2, 0.25) is 0 Å². The molecule has 0 aromatic heterocycles. The molecule has 0 atom stereocenters. The molecule has 1 rings (SSSR count). The van der Waals surface area contributed by atoms with E-state index in [-0.39, 0.29) is 5.57 Å². The molecule has 1 aliphatic rings. The molecule has 0 aliphatic carbocycles. The van der Waals surface area contributed by atoms with E-state index in [9.17, 15) is 4.79 Å². The number of aliphatic carboxylic acids is 1. The van der Waals surface area contributed by atoms with Crippen LogP contribution in [0.25, 0.3) is 0 Å². The van der Waals surface area contributed by atoms with E-state index in [2.05, 4.69) is 16.1 Å². The fraction of sp³-hybridized carbons (Fsp3) is 0.375. The fourth-order valence-corrected chi connectivity index (χ4v) is 0.348. The average molecular weight is 172 g/mol. The van der Waals surface area contributed by atoms with Crippen LogP contribution in [-0.4, -0.2) is 17.9 Å². The molecule has 0 radical (unpaired) electrons. The number of rotatable bonds is 2. The Labute approximate surface area is 71.1 Å². The highest BCUT2D eigenvalue weighted by Crippen LogP contribution is 1.93. The van der Waals surface area contributed by atoms with Crippen molar-refractivity contribution in [1.29, 1.82) is 0 Å². The van der Waals surface area contributed by atoms with Crippen LogP contribution in [0.5, 0.6) is 0 Å². The van der Waals surface area contributed by atoms with Crippen LogP contribution in [0.4, 0.5) is 0 Å². The predicted octanol–water partition coefficient (Wildman–Crippen LogP) is 1.50. The van der Waals surface area contributed by atoms with E-state index in [1.807, 2.05) is 0 Å². The molecular weight excluding hydrogens is 160 g/mol. The quantitative estimate of drug-likeness (QED) is 0.641. The summed E-state index contributed by atoms with van der Waals surface area (Å²) in [5, 5.41) is 8.08. The standard InChI is InChI=1S/C5H8O2.C3H4O2/c1-3-4(2)5(6)7;1-2-5-3-4-1/h2-3H2,1H3,(H,6,7);1-2H,3H2. The highest BCUT2D eigenvalue weighted by molar-refractivity contribution is 5.85. The lowest BCUT2D eigenvalue weighted by molar-refractivity contribution is -0.132. The Morgan fingerprint density at radius 2 is 2.08 bits per heavy atom. The Hall–Kier alpha value is -1.45. The Bertz CT molecular complexity index is 177. The van der Waals surface area contributed by atoms with Gasteiger partial charge in [0.15, 0.2) is 0 Å². The summed E-state index contributed by atoms with van der Waals surface area (Å²) in [5.74, 6) is -0.900. The van der Waals surface area contributed by atoms with Crippen molar-refractivity contribution in [2.24, 2.45) is 0 Å². The van der Waals surface area contributed by atoms with E-state index >= 15 is 0 Å². The third-order valence-electron chi connectivity index (χ3n) is 1.11. The number of carboxylic acids is 1. The van der Waals surface area contributed by atoms with Gasteiger partial charge >= 0.3 is 5.97 Å². The summed E-state index contributed by atoms with van der Waals surface area (Å²) in [4.78, 5) is 9.83. The maximum absolute atomic E-state index is 9.83. The predicted molar refractivity (Wildman–Crippen MR) is 43.2 cm³/mol. The number of hydrogen-bond acceptors (Lipinski definition) is 3. The molecule has 68 valence electrons. The van der Waals surface area contributed by atoms with Crippen LogP contribution in [0.1, 0.15) is 13.3 Å². The van der Waals surface area contributed by atoms with Gasteiger partial charge in [-0.3, -0.25) is 0 Å². The normalized spacial score (nSPS) is 12.1. The Morgan fingerprint density at radius 1 is 1.58 bits per heavy atom. The molecule has 1 heterocycles. The van der Waals surface area contributed by atoms with Crippen molar-refractivity contribution in [3.63, 3.8) is 0 Å². The van der Waals surface area contributed by atoms with E-state index in [0.29, 0.717) is 13.2 Å². The van der Waals surface area contributed by atoms with Gasteiger partial charge in [-0.1, -0.05) is 13.5 Å². The molecule has 0 aromatic carbocycles. The van der Waals surface area contributed by atoms with Gasteiger partial charge < -0.3 is 14.6 Å². The first-order valence-electron chi connectivity index (χ1n) is 3.47. The van der Waals surface area contributed by atoms with Crippen LogP contribution in [0.15, 0.2) is 24.7 Å². The van der Waals surface area contributed by atoms with Gasteiger partial charge in [-0.15, -0.1) is 0 Å². The Morgan fingerprint density at radius 3 is 2.17 bits per heavy atom. The Kier molecular flexibility index (Phi) is 5.51. The van der Waals surface area contributed by atoms with Crippen LogP contribution in [0, 0.1) is 0 Å². The minimum Gasteiger partial charge on any atom is -0.478 e. The summed E-state index contributed by atoms with van der Waals surface area (Å²) in [5.41, 5.74) is 0.264. The summed E-state index contributed by atoms with van der Waals surface area (Å²) in [7, 11) is 0. The molecule has 0 spiro atoms. The fourth-order valence-electron chi connectivity index (χ4n) is 0.348. The molecule has 1 aliphatic heterocycles. The van der Waals surface area contributed by atoms with Crippen molar-refractivity contribution < 1.29 is 19.4 Å². The van der Waals surface area contributed by atoms with Gasteiger partial charge in [0.2, 0.25) is 6.79 Å². The summed E-state index contributed by atoms with van der Waals surface area (Å²) >= 11 is 0. The number of ether oxygens (including phenoxy) is 2. The zero-order valence-corrected chi connectivity index (χ0v) is 6.95. The minimum absolute atomic E-state index is 0.264. The van der Waals surface area contributed by atoms with Gasteiger partial charge in [0.05, 0.1) is 0 Å². The zero-order valence-electron chi connectivity index (χ0n) is 6.95. The first-order chi connectivity index (χ1) is 5.68. The maximum Gasteiger partial charge on any atom is 0.330 e. The Balaban J connectivity index is 0.000000211. The van der Waals surface area contributed by atoms with Crippen molar-refractivity contribution in [3.05, 3.63) is 24.7 Å². The molecule has 0 aromatic rings. The number of carbonyl (C=O) groups is 1. The molecule has 0 unspecified atom stereocenters. The summed E-state index contributed by atoms with van der Waals surface area (Å²) in [6, 6.07) is 0. The molecule has 4 heteroatoms. The van der Waals surface area contributed by atoms with Crippen LogP contribution < -0.4 is 0 Å². The monoisotopic (exact) mass is 172 g/mol. The largest absolute Gasteiger partial charge is 0.478 e. The van der Waals surface area contributed by atoms with E-state index in [4.69, 9.17) is 5.11 Å². The van der Waals surface area contributed by atoms with Gasteiger partial charge in [0.1, 0.15) is 12.5 Å². The van der Waals surface area contributed by atoms with Gasteiger partial charge in [0, 0.05) is 5.57 Å². The lowest BCUT2D eigenvalue weighted by Gasteiger charge is -1.87. The van der Waals surface area contributed by atoms with Gasteiger partial charge in [-0.2, -0.15) is 0 Å². The van der Waals surface area contributed by atoms with E-state index in [1.165, 1.54) is 12.5 Å². The van der Waals surface area contributed by atoms with Crippen molar-refractivity contribution in [3.8, 4) is 0 Å². The van der Waals surface area contributed by atoms with Crippen molar-refractivity contribution in [2.45, 2.75) is 13.3 Å². The molecule has 0 fully saturated rings. The number of hydrogen-bond donors (Lipinski definition) is 1. The second kappa shape index (κ2) is 6.27. The van der Waals surface area contributed by atoms with Crippen molar-refractivity contribution in [2.75, 3.05) is 6.79 Å². The summed E-state index contributed by atoms with van der Waals surface area (Å²) in [6.45, 7) is 5.42. The number of carboxylic acid groups (broad SMARTS) is 1. The van der Waals surface area contributed by atoms with Gasteiger partial charge in [-0.05, 0) is 6.42 Å². The van der Waals surface area contributed by atoms with Crippen molar-refractivity contribution in [1.82, 2.24) is 0 Å². The third-order valence-corrected chi connectivity index (χ3v) is 1.11. The lowest BCUT2D eigenvalue weighted by Crippen LogP contribution is -1.95. The van der Waals surface area contributed by atoms with E-state index < -0.39 is 5.97 Å². The van der Waals surface area contributed by atoms with E-state index in [0.717, 1.165) is 0 Å². The van der Waals surface area contributed by atoms with Crippen LogP contribution >= 0.6 is 0 Å². The summed E-state index contributed by atoms with van der Waals surface area (Å²) in [6.07, 6.45) is 3.55. The smallest absolute Gasteiger partial charge is 0.330 e. The third kappa shape index (κ3) is 5.34. The average Bonchev–Trinajstić information content (AvgIpc) is 2.59. The summed E-state index contributed by atoms with van der Waals surface area (Å²) < 4.78 is 9.08. The molecule has 12 heavy (non-hydrogen) atoms. The topological polar surface area (TPSA) is 55.8 Å². The van der Waals surface area contributed by atoms with Gasteiger partial charge in [-0.25, -0.2) is 4.79 Å². The molecule has 0 saturated carbocycles. The van der Waals surface area contributed by atoms with Crippen LogP contribution in [-0.2, 0) is 14.3 Å². The molecule has 4 nitrogen and oxygen atoms in total. The van der Waals surface area contributed by atoms with Crippen molar-refractivity contribution >= 4 is 5.97 Å². The highest BCUT2D eigenvalue weighted by atomic mass is 16.7. The second-order valence-corrected chi connectivity index (χ2v) is 1.99. The van der Waals surface area contributed by atoms with E-state index in [1.54, 1.807) is 6.92 Å². The molecular formula is C8H12O4. The molecule has 0 saturated heterocycles.